The molecule has 1 amide bonds. The molecule has 20 heavy (non-hydrogen) atoms. The lowest BCUT2D eigenvalue weighted by Gasteiger charge is -2.42. The summed E-state index contributed by atoms with van der Waals surface area (Å²) in [5.41, 5.74) is -0.619. The second kappa shape index (κ2) is 4.59. The van der Waals surface area contributed by atoms with Crippen molar-refractivity contribution in [3.8, 4) is 0 Å². The van der Waals surface area contributed by atoms with Crippen molar-refractivity contribution >= 4 is 39.2 Å². The quantitative estimate of drug-likeness (QED) is 0.876. The fourth-order valence-corrected chi connectivity index (χ4v) is 3.19. The SMILES string of the molecule is CNc1nc(N2CCNC(=O)C2(C)C)c2ccsc2n1. The molecule has 0 aliphatic carbocycles. The third-order valence-electron chi connectivity index (χ3n) is 3.64. The van der Waals surface area contributed by atoms with E-state index in [9.17, 15) is 4.79 Å². The highest BCUT2D eigenvalue weighted by molar-refractivity contribution is 7.16. The van der Waals surface area contributed by atoms with Gasteiger partial charge in [-0.2, -0.15) is 4.98 Å². The van der Waals surface area contributed by atoms with Crippen molar-refractivity contribution in [3.05, 3.63) is 11.4 Å². The summed E-state index contributed by atoms with van der Waals surface area (Å²) in [6.07, 6.45) is 0. The van der Waals surface area contributed by atoms with Gasteiger partial charge in [-0.05, 0) is 25.3 Å². The first kappa shape index (κ1) is 13.1. The summed E-state index contributed by atoms with van der Waals surface area (Å²) in [6.45, 7) is 5.21. The number of thiophene rings is 1. The van der Waals surface area contributed by atoms with Crippen molar-refractivity contribution in [1.29, 1.82) is 0 Å². The first-order chi connectivity index (χ1) is 9.54. The number of hydrogen-bond acceptors (Lipinski definition) is 6. The Kier molecular flexibility index (Phi) is 3.01. The summed E-state index contributed by atoms with van der Waals surface area (Å²) in [4.78, 5) is 24.1. The first-order valence-corrected chi connectivity index (χ1v) is 7.41. The molecule has 2 N–H and O–H groups in total. The summed E-state index contributed by atoms with van der Waals surface area (Å²) in [5.74, 6) is 1.42. The topological polar surface area (TPSA) is 70.2 Å². The lowest BCUT2D eigenvalue weighted by atomic mass is 9.98. The Labute approximate surface area is 121 Å². The van der Waals surface area contributed by atoms with Gasteiger partial charge in [0.1, 0.15) is 16.2 Å². The van der Waals surface area contributed by atoms with Crippen LogP contribution in [0.4, 0.5) is 11.8 Å². The summed E-state index contributed by atoms with van der Waals surface area (Å²) in [5, 5.41) is 8.89. The van der Waals surface area contributed by atoms with Crippen molar-refractivity contribution in [2.24, 2.45) is 0 Å². The highest BCUT2D eigenvalue weighted by Gasteiger charge is 2.39. The van der Waals surface area contributed by atoms with Crippen molar-refractivity contribution in [2.45, 2.75) is 19.4 Å². The average Bonchev–Trinajstić information content (AvgIpc) is 2.89. The fraction of sp³-hybridized carbons (Fsp3) is 0.462. The third kappa shape index (κ3) is 1.89. The number of carbonyl (C=O) groups is 1. The molecule has 2 aromatic heterocycles. The van der Waals surface area contributed by atoms with Gasteiger partial charge in [0, 0.05) is 20.1 Å². The largest absolute Gasteiger partial charge is 0.357 e. The monoisotopic (exact) mass is 291 g/mol. The minimum atomic E-state index is -0.619. The molecule has 106 valence electrons. The van der Waals surface area contributed by atoms with E-state index in [2.05, 4.69) is 25.5 Å². The summed E-state index contributed by atoms with van der Waals surface area (Å²) < 4.78 is 0. The second-order valence-corrected chi connectivity index (χ2v) is 6.12. The fourth-order valence-electron chi connectivity index (χ4n) is 2.43. The van der Waals surface area contributed by atoms with E-state index >= 15 is 0 Å². The van der Waals surface area contributed by atoms with Crippen LogP contribution in [0.2, 0.25) is 0 Å². The second-order valence-electron chi connectivity index (χ2n) is 5.23. The highest BCUT2D eigenvalue weighted by atomic mass is 32.1. The number of rotatable bonds is 2. The van der Waals surface area contributed by atoms with E-state index in [0.29, 0.717) is 12.5 Å². The molecule has 6 nitrogen and oxygen atoms in total. The maximum atomic E-state index is 12.1. The molecular weight excluding hydrogens is 274 g/mol. The minimum absolute atomic E-state index is 0.0248. The van der Waals surface area contributed by atoms with Gasteiger partial charge in [-0.3, -0.25) is 4.79 Å². The van der Waals surface area contributed by atoms with Crippen LogP contribution in [0.1, 0.15) is 13.8 Å². The summed E-state index contributed by atoms with van der Waals surface area (Å²) in [7, 11) is 1.80. The van der Waals surface area contributed by atoms with Crippen LogP contribution in [-0.4, -0.2) is 41.6 Å². The smallest absolute Gasteiger partial charge is 0.245 e. The van der Waals surface area contributed by atoms with E-state index in [1.165, 1.54) is 0 Å². The molecule has 2 aromatic rings. The van der Waals surface area contributed by atoms with E-state index < -0.39 is 5.54 Å². The van der Waals surface area contributed by atoms with Crippen molar-refractivity contribution < 1.29 is 4.79 Å². The zero-order chi connectivity index (χ0) is 14.3. The maximum Gasteiger partial charge on any atom is 0.245 e. The summed E-state index contributed by atoms with van der Waals surface area (Å²) >= 11 is 1.58. The molecule has 0 atom stereocenters. The summed E-state index contributed by atoms with van der Waals surface area (Å²) in [6, 6.07) is 2.01. The highest BCUT2D eigenvalue weighted by Crippen LogP contribution is 2.33. The number of fused-ring (bicyclic) bond motifs is 1. The molecule has 0 bridgehead atoms. The normalized spacial score (nSPS) is 18.1. The lowest BCUT2D eigenvalue weighted by Crippen LogP contribution is -2.62. The lowest BCUT2D eigenvalue weighted by molar-refractivity contribution is -0.126. The molecule has 3 rings (SSSR count). The zero-order valence-corrected chi connectivity index (χ0v) is 12.5. The Morgan fingerprint density at radius 1 is 1.45 bits per heavy atom. The molecule has 0 aromatic carbocycles. The van der Waals surface area contributed by atoms with E-state index in [1.807, 2.05) is 25.3 Å². The van der Waals surface area contributed by atoms with Crippen LogP contribution in [0.25, 0.3) is 10.2 Å². The Morgan fingerprint density at radius 3 is 3.00 bits per heavy atom. The number of anilines is 2. The molecule has 0 unspecified atom stereocenters. The molecule has 1 saturated heterocycles. The van der Waals surface area contributed by atoms with E-state index in [4.69, 9.17) is 0 Å². The van der Waals surface area contributed by atoms with Crippen LogP contribution in [-0.2, 0) is 4.79 Å². The Balaban J connectivity index is 2.17. The number of carbonyl (C=O) groups excluding carboxylic acids is 1. The standard InChI is InChI=1S/C13H17N5OS/c1-13(2)11(19)15-5-6-18(13)9-8-4-7-20-10(8)17-12(14-3)16-9/h4,7H,5-6H2,1-3H3,(H,15,19)(H,14,16,17). The molecule has 0 saturated carbocycles. The number of hydrogen-bond donors (Lipinski definition) is 2. The number of aromatic nitrogens is 2. The number of nitrogens with zero attached hydrogens (tertiary/aromatic N) is 3. The third-order valence-corrected chi connectivity index (χ3v) is 4.44. The first-order valence-electron chi connectivity index (χ1n) is 6.53. The Bertz CT molecular complexity index is 666. The van der Waals surface area contributed by atoms with Gasteiger partial charge in [0.2, 0.25) is 11.9 Å². The number of amides is 1. The molecule has 7 heteroatoms. The van der Waals surface area contributed by atoms with Crippen LogP contribution in [0, 0.1) is 0 Å². The Hall–Kier alpha value is -1.89. The number of piperazine rings is 1. The van der Waals surface area contributed by atoms with Gasteiger partial charge in [-0.25, -0.2) is 4.98 Å². The van der Waals surface area contributed by atoms with Gasteiger partial charge in [0.05, 0.1) is 5.39 Å². The average molecular weight is 291 g/mol. The van der Waals surface area contributed by atoms with Gasteiger partial charge in [-0.1, -0.05) is 0 Å². The number of nitrogens with one attached hydrogen (secondary N) is 2. The molecule has 0 spiro atoms. The van der Waals surface area contributed by atoms with Gasteiger partial charge in [0.25, 0.3) is 0 Å². The van der Waals surface area contributed by atoms with Crippen molar-refractivity contribution in [2.75, 3.05) is 30.4 Å². The van der Waals surface area contributed by atoms with Crippen LogP contribution < -0.4 is 15.5 Å². The zero-order valence-electron chi connectivity index (χ0n) is 11.7. The van der Waals surface area contributed by atoms with Gasteiger partial charge in [-0.15, -0.1) is 11.3 Å². The molecular formula is C13H17N5OS. The molecule has 1 fully saturated rings. The van der Waals surface area contributed by atoms with Crippen molar-refractivity contribution in [3.63, 3.8) is 0 Å². The predicted octanol–water partition coefficient (Wildman–Crippen LogP) is 1.45. The molecule has 1 aliphatic heterocycles. The Morgan fingerprint density at radius 2 is 2.25 bits per heavy atom. The van der Waals surface area contributed by atoms with E-state index in [-0.39, 0.29) is 5.91 Å². The maximum absolute atomic E-state index is 12.1. The van der Waals surface area contributed by atoms with E-state index in [0.717, 1.165) is 22.6 Å². The molecule has 3 heterocycles. The predicted molar refractivity (Wildman–Crippen MR) is 81.4 cm³/mol. The van der Waals surface area contributed by atoms with Gasteiger partial charge in [0.15, 0.2) is 0 Å². The molecule has 1 aliphatic rings. The minimum Gasteiger partial charge on any atom is -0.357 e. The van der Waals surface area contributed by atoms with Crippen LogP contribution in [0.3, 0.4) is 0 Å². The van der Waals surface area contributed by atoms with Crippen LogP contribution in [0.5, 0.6) is 0 Å². The van der Waals surface area contributed by atoms with Crippen LogP contribution in [0.15, 0.2) is 11.4 Å². The van der Waals surface area contributed by atoms with Crippen molar-refractivity contribution in [1.82, 2.24) is 15.3 Å². The van der Waals surface area contributed by atoms with Gasteiger partial charge >= 0.3 is 0 Å². The van der Waals surface area contributed by atoms with E-state index in [1.54, 1.807) is 18.4 Å². The van der Waals surface area contributed by atoms with Gasteiger partial charge < -0.3 is 15.5 Å². The van der Waals surface area contributed by atoms with Crippen LogP contribution >= 0.6 is 11.3 Å². The molecule has 0 radical (unpaired) electrons.